The molecule has 2 rings (SSSR count). The number of primary sulfonamides is 1. The van der Waals surface area contributed by atoms with Crippen LogP contribution in [0.4, 0.5) is 5.69 Å². The molecule has 0 spiro atoms. The number of sulfonamides is 1. The number of rotatable bonds is 5. The van der Waals surface area contributed by atoms with E-state index in [1.54, 1.807) is 19.2 Å². The summed E-state index contributed by atoms with van der Waals surface area (Å²) in [5, 5.41) is 11.8. The van der Waals surface area contributed by atoms with Gasteiger partial charge in [-0.2, -0.15) is 0 Å². The van der Waals surface area contributed by atoms with Gasteiger partial charge in [-0.25, -0.2) is 13.6 Å². The summed E-state index contributed by atoms with van der Waals surface area (Å²) in [5.74, 6) is 0.731. The number of nitrogens with two attached hydrogens (primary N) is 1. The van der Waals surface area contributed by atoms with Crippen molar-refractivity contribution in [2.75, 3.05) is 12.4 Å². The fraction of sp³-hybridized carbons (Fsp3) is 0.188. The summed E-state index contributed by atoms with van der Waals surface area (Å²) in [6, 6.07) is 13.7. The van der Waals surface area contributed by atoms with Crippen LogP contribution >= 0.6 is 12.2 Å². The average Bonchev–Trinajstić information content (AvgIpc) is 2.54. The van der Waals surface area contributed by atoms with Gasteiger partial charge in [0.15, 0.2) is 5.11 Å². The molecule has 8 heteroatoms. The highest BCUT2D eigenvalue weighted by atomic mass is 32.2. The van der Waals surface area contributed by atoms with Gasteiger partial charge in [0.25, 0.3) is 0 Å². The maximum Gasteiger partial charge on any atom is 0.238 e. The summed E-state index contributed by atoms with van der Waals surface area (Å²) in [6.07, 6.45) is 0. The van der Waals surface area contributed by atoms with Crippen LogP contribution < -0.4 is 20.5 Å². The number of hydrogen-bond acceptors (Lipinski definition) is 4. The molecule has 0 unspecified atom stereocenters. The lowest BCUT2D eigenvalue weighted by Crippen LogP contribution is -2.30. The second-order valence-corrected chi connectivity index (χ2v) is 7.14. The maximum absolute atomic E-state index is 11.3. The minimum atomic E-state index is -3.69. The van der Waals surface area contributed by atoms with Gasteiger partial charge >= 0.3 is 0 Å². The van der Waals surface area contributed by atoms with E-state index in [9.17, 15) is 8.42 Å². The summed E-state index contributed by atoms with van der Waals surface area (Å²) in [6.45, 7) is 1.92. The van der Waals surface area contributed by atoms with Crippen molar-refractivity contribution < 1.29 is 13.2 Å². The summed E-state index contributed by atoms with van der Waals surface area (Å²) >= 11 is 5.30. The quantitative estimate of drug-likeness (QED) is 0.705. The Balaban J connectivity index is 2.00. The van der Waals surface area contributed by atoms with Gasteiger partial charge in [0.2, 0.25) is 10.0 Å². The van der Waals surface area contributed by atoms with Gasteiger partial charge in [0.05, 0.1) is 18.0 Å². The molecule has 24 heavy (non-hydrogen) atoms. The monoisotopic (exact) mass is 365 g/mol. The van der Waals surface area contributed by atoms with Crippen LogP contribution in [0.15, 0.2) is 53.4 Å². The van der Waals surface area contributed by atoms with Crippen molar-refractivity contribution >= 4 is 33.0 Å². The van der Waals surface area contributed by atoms with Crippen molar-refractivity contribution in [3.05, 3.63) is 54.1 Å². The molecule has 1 atom stereocenters. The molecule has 0 radical (unpaired) electrons. The van der Waals surface area contributed by atoms with Crippen molar-refractivity contribution in [1.82, 2.24) is 5.32 Å². The topological polar surface area (TPSA) is 93.4 Å². The molecule has 0 saturated carbocycles. The van der Waals surface area contributed by atoms with Gasteiger partial charge in [0.1, 0.15) is 5.75 Å². The molecular weight excluding hydrogens is 346 g/mol. The third-order valence-corrected chi connectivity index (χ3v) is 4.53. The Hall–Kier alpha value is -2.16. The number of hydrogen-bond donors (Lipinski definition) is 3. The molecule has 0 amide bonds. The number of thiocarbonyl (C=S) groups is 1. The van der Waals surface area contributed by atoms with Crippen LogP contribution in [0.25, 0.3) is 0 Å². The van der Waals surface area contributed by atoms with E-state index < -0.39 is 10.0 Å². The molecule has 2 aromatic rings. The normalized spacial score (nSPS) is 12.3. The fourth-order valence-electron chi connectivity index (χ4n) is 2.09. The maximum atomic E-state index is 11.3. The highest BCUT2D eigenvalue weighted by Gasteiger charge is 2.11. The largest absolute Gasteiger partial charge is 0.497 e. The summed E-state index contributed by atoms with van der Waals surface area (Å²) in [7, 11) is -2.09. The van der Waals surface area contributed by atoms with Crippen molar-refractivity contribution in [2.45, 2.75) is 17.9 Å². The minimum absolute atomic E-state index is 0.0792. The van der Waals surface area contributed by atoms with E-state index in [0.29, 0.717) is 5.11 Å². The Morgan fingerprint density at radius 2 is 1.88 bits per heavy atom. The first kappa shape index (κ1) is 18.2. The Labute approximate surface area is 147 Å². The van der Waals surface area contributed by atoms with Crippen molar-refractivity contribution in [3.63, 3.8) is 0 Å². The Morgan fingerprint density at radius 3 is 2.46 bits per heavy atom. The molecule has 0 aliphatic heterocycles. The van der Waals surface area contributed by atoms with E-state index in [1.807, 2.05) is 31.2 Å². The molecule has 128 valence electrons. The zero-order chi connectivity index (χ0) is 17.7. The molecule has 2 aromatic carbocycles. The molecule has 0 bridgehead atoms. The van der Waals surface area contributed by atoms with E-state index in [4.69, 9.17) is 22.1 Å². The predicted octanol–water partition coefficient (Wildman–Crippen LogP) is 2.39. The molecule has 6 nitrogen and oxygen atoms in total. The van der Waals surface area contributed by atoms with Crippen LogP contribution in [0.3, 0.4) is 0 Å². The second kappa shape index (κ2) is 7.61. The van der Waals surface area contributed by atoms with Gasteiger partial charge in [0, 0.05) is 11.8 Å². The standard InChI is InChI=1S/C16H19N3O3S2/c1-11(12-6-8-15(9-7-12)24(17,20)21)18-16(23)19-13-4-3-5-14(10-13)22-2/h3-11H,1-2H3,(H2,17,20,21)(H2,18,19,23)/t11-/m1/s1. The van der Waals surface area contributed by atoms with Crippen LogP contribution in [-0.4, -0.2) is 20.6 Å². The first-order valence-corrected chi connectivity index (χ1v) is 9.09. The van der Waals surface area contributed by atoms with E-state index in [0.717, 1.165) is 17.0 Å². The zero-order valence-electron chi connectivity index (χ0n) is 13.3. The van der Waals surface area contributed by atoms with E-state index in [-0.39, 0.29) is 10.9 Å². The number of ether oxygens (including phenoxy) is 1. The second-order valence-electron chi connectivity index (χ2n) is 5.17. The zero-order valence-corrected chi connectivity index (χ0v) is 14.9. The lowest BCUT2D eigenvalue weighted by atomic mass is 10.1. The molecule has 0 aliphatic carbocycles. The van der Waals surface area contributed by atoms with Gasteiger partial charge in [-0.05, 0) is 49.0 Å². The molecule has 0 aliphatic rings. The van der Waals surface area contributed by atoms with Crippen molar-refractivity contribution in [1.29, 1.82) is 0 Å². The van der Waals surface area contributed by atoms with E-state index in [2.05, 4.69) is 10.6 Å². The van der Waals surface area contributed by atoms with Crippen LogP contribution in [0, 0.1) is 0 Å². The van der Waals surface area contributed by atoms with E-state index >= 15 is 0 Å². The molecule has 0 saturated heterocycles. The van der Waals surface area contributed by atoms with Gasteiger partial charge in [-0.15, -0.1) is 0 Å². The lowest BCUT2D eigenvalue weighted by molar-refractivity contribution is 0.415. The minimum Gasteiger partial charge on any atom is -0.497 e. The molecule has 0 aromatic heterocycles. The highest BCUT2D eigenvalue weighted by molar-refractivity contribution is 7.89. The molecular formula is C16H19N3O3S2. The van der Waals surface area contributed by atoms with Crippen LogP contribution in [0.2, 0.25) is 0 Å². The van der Waals surface area contributed by atoms with Crippen LogP contribution in [-0.2, 0) is 10.0 Å². The van der Waals surface area contributed by atoms with E-state index in [1.165, 1.54) is 12.1 Å². The third kappa shape index (κ3) is 4.92. The SMILES string of the molecule is COc1cccc(NC(=S)N[C@H](C)c2ccc(S(N)(=O)=O)cc2)c1. The van der Waals surface area contributed by atoms with Gasteiger partial charge in [-0.1, -0.05) is 18.2 Å². The predicted molar refractivity (Wildman–Crippen MR) is 98.6 cm³/mol. The average molecular weight is 365 g/mol. The smallest absolute Gasteiger partial charge is 0.238 e. The Morgan fingerprint density at radius 1 is 1.21 bits per heavy atom. The third-order valence-electron chi connectivity index (χ3n) is 3.38. The van der Waals surface area contributed by atoms with Crippen molar-refractivity contribution in [3.8, 4) is 5.75 Å². The first-order chi connectivity index (χ1) is 11.3. The van der Waals surface area contributed by atoms with Gasteiger partial charge in [-0.3, -0.25) is 0 Å². The molecule has 4 N–H and O–H groups in total. The molecule has 0 heterocycles. The number of anilines is 1. The number of methoxy groups -OCH3 is 1. The van der Waals surface area contributed by atoms with Crippen LogP contribution in [0.5, 0.6) is 5.75 Å². The molecule has 0 fully saturated rings. The first-order valence-electron chi connectivity index (χ1n) is 7.14. The highest BCUT2D eigenvalue weighted by Crippen LogP contribution is 2.18. The van der Waals surface area contributed by atoms with Crippen LogP contribution in [0.1, 0.15) is 18.5 Å². The summed E-state index contributed by atoms with van der Waals surface area (Å²) in [4.78, 5) is 0.0792. The Bertz CT molecular complexity index is 821. The Kier molecular flexibility index (Phi) is 5.76. The van der Waals surface area contributed by atoms with Gasteiger partial charge < -0.3 is 15.4 Å². The lowest BCUT2D eigenvalue weighted by Gasteiger charge is -2.18. The van der Waals surface area contributed by atoms with Crippen molar-refractivity contribution in [2.24, 2.45) is 5.14 Å². The fourth-order valence-corrected chi connectivity index (χ4v) is 2.90. The summed E-state index contributed by atoms with van der Waals surface area (Å²) < 4.78 is 27.7. The number of nitrogens with one attached hydrogen (secondary N) is 2. The summed E-state index contributed by atoms with van der Waals surface area (Å²) in [5.41, 5.74) is 1.70. The number of benzene rings is 2.